The zero-order valence-electron chi connectivity index (χ0n) is 18.8. The van der Waals surface area contributed by atoms with Gasteiger partial charge in [0.15, 0.2) is 5.82 Å². The van der Waals surface area contributed by atoms with E-state index in [4.69, 9.17) is 14.7 Å². The van der Waals surface area contributed by atoms with Crippen molar-refractivity contribution in [2.75, 3.05) is 18.5 Å². The van der Waals surface area contributed by atoms with Crippen LogP contribution in [0.5, 0.6) is 0 Å². The first-order valence-electron chi connectivity index (χ1n) is 10.9. The first-order chi connectivity index (χ1) is 16.7. The molecule has 35 heavy (non-hydrogen) atoms. The molecule has 1 aromatic carbocycles. The van der Waals surface area contributed by atoms with E-state index in [0.717, 1.165) is 13.3 Å². The number of aromatic amines is 1. The van der Waals surface area contributed by atoms with Gasteiger partial charge >= 0.3 is 5.97 Å². The Morgan fingerprint density at radius 3 is 2.94 bits per heavy atom. The fraction of sp³-hybridized carbons (Fsp3) is 0.364. The van der Waals surface area contributed by atoms with Gasteiger partial charge in [-0.1, -0.05) is 0 Å². The number of sulfonamides is 1. The predicted molar refractivity (Wildman–Crippen MR) is 123 cm³/mol. The van der Waals surface area contributed by atoms with Crippen LogP contribution in [-0.2, 0) is 36.5 Å². The summed E-state index contributed by atoms with van der Waals surface area (Å²) < 4.78 is 33.3. The number of carbonyl (C=O) groups is 1. The SMILES string of the molecule is CC(=O)ON1Cc2cc(Nc3nn(C4(CC#N)CCCOC4)c4cc[nH]c(=O)c34)ccc2S1(=O)=O. The number of carbonyl (C=O) groups excluding carboxylic acids is 1. The molecule has 2 aliphatic heterocycles. The second-order valence-corrected chi connectivity index (χ2v) is 10.3. The minimum absolute atomic E-state index is 0.0323. The Hall–Kier alpha value is -3.73. The predicted octanol–water partition coefficient (Wildman–Crippen LogP) is 1.87. The molecule has 0 spiro atoms. The van der Waals surface area contributed by atoms with Crippen LogP contribution in [0.1, 0.15) is 31.7 Å². The summed E-state index contributed by atoms with van der Waals surface area (Å²) in [6.45, 7) is 1.89. The highest BCUT2D eigenvalue weighted by atomic mass is 32.2. The van der Waals surface area contributed by atoms with Crippen LogP contribution in [0, 0.1) is 11.3 Å². The molecule has 2 aliphatic rings. The molecule has 1 saturated heterocycles. The first kappa shape index (κ1) is 23.0. The van der Waals surface area contributed by atoms with Gasteiger partial charge in [-0.05, 0) is 47.1 Å². The third-order valence-corrected chi connectivity index (χ3v) is 7.86. The molecule has 3 aromatic rings. The number of hydroxylamine groups is 1. The summed E-state index contributed by atoms with van der Waals surface area (Å²) in [6, 6.07) is 8.51. The minimum atomic E-state index is -3.95. The van der Waals surface area contributed by atoms with Crippen LogP contribution >= 0.6 is 0 Å². The van der Waals surface area contributed by atoms with E-state index in [0.29, 0.717) is 46.3 Å². The van der Waals surface area contributed by atoms with E-state index in [2.05, 4.69) is 16.4 Å². The maximum absolute atomic E-state index is 12.8. The first-order valence-corrected chi connectivity index (χ1v) is 12.4. The normalized spacial score (nSPS) is 21.4. The number of hydrogen-bond donors (Lipinski definition) is 2. The number of anilines is 2. The van der Waals surface area contributed by atoms with Gasteiger partial charge < -0.3 is 19.9 Å². The minimum Gasteiger partial charge on any atom is -0.379 e. The Morgan fingerprint density at radius 1 is 1.40 bits per heavy atom. The summed E-state index contributed by atoms with van der Waals surface area (Å²) in [7, 11) is -3.95. The summed E-state index contributed by atoms with van der Waals surface area (Å²) in [5.74, 6) is -0.476. The lowest BCUT2D eigenvalue weighted by molar-refractivity contribution is -0.167. The van der Waals surface area contributed by atoms with E-state index in [1.54, 1.807) is 22.9 Å². The number of fused-ring (bicyclic) bond motifs is 2. The van der Waals surface area contributed by atoms with Gasteiger partial charge in [-0.15, -0.1) is 0 Å². The zero-order valence-corrected chi connectivity index (χ0v) is 19.6. The molecule has 0 aliphatic carbocycles. The lowest BCUT2D eigenvalue weighted by Gasteiger charge is -2.35. The lowest BCUT2D eigenvalue weighted by atomic mass is 9.89. The molecule has 1 fully saturated rings. The summed E-state index contributed by atoms with van der Waals surface area (Å²) >= 11 is 0. The third kappa shape index (κ3) is 3.85. The number of hydrogen-bond acceptors (Lipinski definition) is 9. The molecule has 13 heteroatoms. The molecule has 182 valence electrons. The largest absolute Gasteiger partial charge is 0.379 e. The van der Waals surface area contributed by atoms with Gasteiger partial charge in [0, 0.05) is 25.4 Å². The van der Waals surface area contributed by atoms with E-state index in [1.807, 2.05) is 0 Å². The highest BCUT2D eigenvalue weighted by molar-refractivity contribution is 7.89. The fourth-order valence-electron chi connectivity index (χ4n) is 4.62. The second-order valence-electron chi connectivity index (χ2n) is 8.54. The van der Waals surface area contributed by atoms with Gasteiger partial charge in [0.2, 0.25) is 0 Å². The highest BCUT2D eigenvalue weighted by Gasteiger charge is 2.39. The standard InChI is InChI=1S/C22H22N6O6S/c1-14(29)34-27-12-15-11-16(3-4-18(15)35(27,31)32)25-20-19-17(5-9-24-21(19)30)28(26-20)22(7-8-23)6-2-10-33-13-22/h3-5,9,11H,2,6-7,10,12-13H2,1H3,(H,24,30)(H,25,26). The van der Waals surface area contributed by atoms with Crippen molar-refractivity contribution in [1.82, 2.24) is 19.2 Å². The average molecular weight is 499 g/mol. The molecule has 0 amide bonds. The summed E-state index contributed by atoms with van der Waals surface area (Å²) in [5.41, 5.74) is 0.407. The maximum Gasteiger partial charge on any atom is 0.323 e. The third-order valence-electron chi connectivity index (χ3n) is 6.16. The van der Waals surface area contributed by atoms with E-state index in [9.17, 15) is 23.3 Å². The quantitative estimate of drug-likeness (QED) is 0.535. The fourth-order valence-corrected chi connectivity index (χ4v) is 6.05. The van der Waals surface area contributed by atoms with Crippen LogP contribution in [-0.4, -0.2) is 46.8 Å². The summed E-state index contributed by atoms with van der Waals surface area (Å²) in [4.78, 5) is 31.6. The van der Waals surface area contributed by atoms with E-state index in [1.165, 1.54) is 12.3 Å². The van der Waals surface area contributed by atoms with Crippen LogP contribution in [0.4, 0.5) is 11.5 Å². The highest BCUT2D eigenvalue weighted by Crippen LogP contribution is 2.37. The molecule has 2 aromatic heterocycles. The molecule has 5 rings (SSSR count). The number of H-pyrrole nitrogens is 1. The van der Waals surface area contributed by atoms with Crippen molar-refractivity contribution in [3.05, 3.63) is 46.4 Å². The molecule has 0 bridgehead atoms. The molecule has 4 heterocycles. The Morgan fingerprint density at radius 2 is 2.23 bits per heavy atom. The molecule has 0 radical (unpaired) electrons. The molecular weight excluding hydrogens is 476 g/mol. The van der Waals surface area contributed by atoms with Gasteiger partial charge in [0.25, 0.3) is 15.6 Å². The van der Waals surface area contributed by atoms with Crippen LogP contribution in [0.15, 0.2) is 40.2 Å². The molecular formula is C22H22N6O6S. The number of nitrogens with one attached hydrogen (secondary N) is 2. The summed E-state index contributed by atoms with van der Waals surface area (Å²) in [5, 5.41) is 17.6. The molecule has 1 unspecified atom stereocenters. The van der Waals surface area contributed by atoms with Crippen molar-refractivity contribution in [3.63, 3.8) is 0 Å². The van der Waals surface area contributed by atoms with Crippen molar-refractivity contribution >= 4 is 38.4 Å². The van der Waals surface area contributed by atoms with Gasteiger partial charge in [-0.2, -0.15) is 10.4 Å². The van der Waals surface area contributed by atoms with Crippen molar-refractivity contribution < 1.29 is 22.8 Å². The Labute approximate surface area is 200 Å². The van der Waals surface area contributed by atoms with Crippen LogP contribution in [0.25, 0.3) is 10.9 Å². The van der Waals surface area contributed by atoms with Crippen molar-refractivity contribution in [1.29, 1.82) is 5.26 Å². The molecule has 12 nitrogen and oxygen atoms in total. The topological polar surface area (TPSA) is 159 Å². The number of pyridine rings is 1. The Bertz CT molecular complexity index is 1530. The number of benzene rings is 1. The average Bonchev–Trinajstić information content (AvgIpc) is 3.30. The number of rotatable bonds is 5. The summed E-state index contributed by atoms with van der Waals surface area (Å²) in [6.07, 6.45) is 3.12. The number of nitriles is 1. The molecule has 2 N–H and O–H groups in total. The smallest absolute Gasteiger partial charge is 0.323 e. The zero-order chi connectivity index (χ0) is 24.8. The van der Waals surface area contributed by atoms with Crippen molar-refractivity contribution in [2.24, 2.45) is 0 Å². The van der Waals surface area contributed by atoms with E-state index >= 15 is 0 Å². The van der Waals surface area contributed by atoms with Crippen molar-refractivity contribution in [2.45, 2.75) is 43.2 Å². The van der Waals surface area contributed by atoms with E-state index < -0.39 is 21.5 Å². The number of aromatic nitrogens is 3. The monoisotopic (exact) mass is 498 g/mol. The van der Waals surface area contributed by atoms with Crippen molar-refractivity contribution in [3.8, 4) is 6.07 Å². The number of ether oxygens (including phenoxy) is 1. The van der Waals surface area contributed by atoms with E-state index in [-0.39, 0.29) is 29.2 Å². The van der Waals surface area contributed by atoms with Gasteiger partial charge in [-0.3, -0.25) is 14.3 Å². The van der Waals surface area contributed by atoms with Crippen LogP contribution in [0.2, 0.25) is 0 Å². The van der Waals surface area contributed by atoms with Crippen LogP contribution in [0.3, 0.4) is 0 Å². The van der Waals surface area contributed by atoms with Gasteiger partial charge in [0.05, 0.1) is 41.6 Å². The van der Waals surface area contributed by atoms with Crippen LogP contribution < -0.4 is 10.9 Å². The van der Waals surface area contributed by atoms with Gasteiger partial charge in [0.1, 0.15) is 5.39 Å². The maximum atomic E-state index is 12.8. The second kappa shape index (κ2) is 8.49. The number of nitrogens with zero attached hydrogens (tertiary/aromatic N) is 4. The molecule has 0 saturated carbocycles. The lowest BCUT2D eigenvalue weighted by Crippen LogP contribution is -2.42. The Kier molecular flexibility index (Phi) is 5.59. The Balaban J connectivity index is 1.56. The molecule has 1 atom stereocenters. The van der Waals surface area contributed by atoms with Gasteiger partial charge in [-0.25, -0.2) is 8.42 Å².